The van der Waals surface area contributed by atoms with E-state index in [0.29, 0.717) is 0 Å². The summed E-state index contributed by atoms with van der Waals surface area (Å²) in [6, 6.07) is 10.8. The molecule has 0 aromatic heterocycles. The van der Waals surface area contributed by atoms with E-state index in [9.17, 15) is 0 Å². The minimum absolute atomic E-state index is 0.233. The summed E-state index contributed by atoms with van der Waals surface area (Å²) in [7, 11) is 0. The van der Waals surface area contributed by atoms with Gasteiger partial charge in [-0.3, -0.25) is 0 Å². The van der Waals surface area contributed by atoms with Crippen LogP contribution in [0.5, 0.6) is 0 Å². The summed E-state index contributed by atoms with van der Waals surface area (Å²) in [5.74, 6) is 1.75. The Bertz CT molecular complexity index is 306. The van der Waals surface area contributed by atoms with Gasteiger partial charge >= 0.3 is 0 Å². The van der Waals surface area contributed by atoms with E-state index >= 15 is 0 Å². The summed E-state index contributed by atoms with van der Waals surface area (Å²) in [5.41, 5.74) is 7.56. The van der Waals surface area contributed by atoms with E-state index in [1.165, 1.54) is 31.2 Å². The minimum atomic E-state index is 0.233. The van der Waals surface area contributed by atoms with Crippen LogP contribution in [0.2, 0.25) is 0 Å². The van der Waals surface area contributed by atoms with Gasteiger partial charge in [-0.1, -0.05) is 56.5 Å². The van der Waals surface area contributed by atoms with Gasteiger partial charge in [0.25, 0.3) is 0 Å². The van der Waals surface area contributed by atoms with Gasteiger partial charge in [0, 0.05) is 6.04 Å². The van der Waals surface area contributed by atoms with Crippen LogP contribution in [0.3, 0.4) is 0 Å². The van der Waals surface area contributed by atoms with Crippen molar-refractivity contribution in [3.8, 4) is 0 Å². The van der Waals surface area contributed by atoms with Gasteiger partial charge in [0.05, 0.1) is 0 Å². The molecule has 2 rings (SSSR count). The van der Waals surface area contributed by atoms with Crippen molar-refractivity contribution < 1.29 is 0 Å². The third-order valence-electron chi connectivity index (χ3n) is 3.86. The molecule has 16 heavy (non-hydrogen) atoms. The highest BCUT2D eigenvalue weighted by molar-refractivity contribution is 5.18. The SMILES string of the molecule is CC1CCCC(CC(N)c2ccccc2)C1. The van der Waals surface area contributed by atoms with E-state index in [4.69, 9.17) is 5.73 Å². The second-order valence-corrected chi connectivity index (χ2v) is 5.39. The van der Waals surface area contributed by atoms with Gasteiger partial charge < -0.3 is 5.73 Å². The summed E-state index contributed by atoms with van der Waals surface area (Å²) in [4.78, 5) is 0. The van der Waals surface area contributed by atoms with Gasteiger partial charge in [0.2, 0.25) is 0 Å². The molecular formula is C15H23N. The average molecular weight is 217 g/mol. The van der Waals surface area contributed by atoms with Crippen molar-refractivity contribution in [2.24, 2.45) is 17.6 Å². The minimum Gasteiger partial charge on any atom is -0.324 e. The second-order valence-electron chi connectivity index (χ2n) is 5.39. The molecule has 3 unspecified atom stereocenters. The predicted molar refractivity (Wildman–Crippen MR) is 69.1 cm³/mol. The quantitative estimate of drug-likeness (QED) is 0.816. The summed E-state index contributed by atoms with van der Waals surface area (Å²) >= 11 is 0. The first-order valence-electron chi connectivity index (χ1n) is 6.56. The standard InChI is InChI=1S/C15H23N/c1-12-6-5-7-13(10-12)11-15(16)14-8-3-2-4-9-14/h2-4,8-9,12-13,15H,5-7,10-11,16H2,1H3. The van der Waals surface area contributed by atoms with E-state index in [2.05, 4.69) is 37.3 Å². The third-order valence-corrected chi connectivity index (χ3v) is 3.86. The molecule has 0 bridgehead atoms. The van der Waals surface area contributed by atoms with Crippen molar-refractivity contribution in [1.29, 1.82) is 0 Å². The van der Waals surface area contributed by atoms with Crippen LogP contribution in [0, 0.1) is 11.8 Å². The first-order chi connectivity index (χ1) is 7.75. The number of nitrogens with two attached hydrogens (primary N) is 1. The lowest BCUT2D eigenvalue weighted by atomic mass is 9.79. The largest absolute Gasteiger partial charge is 0.324 e. The molecule has 88 valence electrons. The maximum absolute atomic E-state index is 6.27. The third kappa shape index (κ3) is 3.08. The molecule has 1 fully saturated rings. The zero-order chi connectivity index (χ0) is 11.4. The molecule has 1 saturated carbocycles. The van der Waals surface area contributed by atoms with Crippen LogP contribution in [0.15, 0.2) is 30.3 Å². The van der Waals surface area contributed by atoms with E-state index in [0.717, 1.165) is 18.3 Å². The van der Waals surface area contributed by atoms with Gasteiger partial charge in [0.15, 0.2) is 0 Å². The maximum Gasteiger partial charge on any atom is 0.0297 e. The highest BCUT2D eigenvalue weighted by Gasteiger charge is 2.21. The summed E-state index contributed by atoms with van der Waals surface area (Å²) in [6.45, 7) is 2.38. The zero-order valence-electron chi connectivity index (χ0n) is 10.2. The van der Waals surface area contributed by atoms with Crippen LogP contribution >= 0.6 is 0 Å². The molecule has 0 amide bonds. The van der Waals surface area contributed by atoms with Crippen LogP contribution in [-0.2, 0) is 0 Å². The molecule has 0 radical (unpaired) electrons. The number of benzene rings is 1. The molecule has 1 heteroatoms. The highest BCUT2D eigenvalue weighted by atomic mass is 14.6. The molecule has 0 spiro atoms. The Morgan fingerprint density at radius 3 is 2.69 bits per heavy atom. The molecule has 1 aliphatic rings. The Kier molecular flexibility index (Phi) is 4.00. The van der Waals surface area contributed by atoms with Gasteiger partial charge in [-0.2, -0.15) is 0 Å². The number of hydrogen-bond donors (Lipinski definition) is 1. The summed E-state index contributed by atoms with van der Waals surface area (Å²) < 4.78 is 0. The summed E-state index contributed by atoms with van der Waals surface area (Å²) in [6.07, 6.45) is 6.73. The molecule has 3 atom stereocenters. The smallest absolute Gasteiger partial charge is 0.0297 e. The molecule has 1 aromatic rings. The van der Waals surface area contributed by atoms with Crippen LogP contribution in [0.1, 0.15) is 50.6 Å². The first kappa shape index (κ1) is 11.7. The van der Waals surface area contributed by atoms with Crippen molar-refractivity contribution >= 4 is 0 Å². The first-order valence-corrected chi connectivity index (χ1v) is 6.56. The van der Waals surface area contributed by atoms with Crippen molar-refractivity contribution in [3.05, 3.63) is 35.9 Å². The Hall–Kier alpha value is -0.820. The van der Waals surface area contributed by atoms with Gasteiger partial charge in [-0.25, -0.2) is 0 Å². The monoisotopic (exact) mass is 217 g/mol. The fourth-order valence-corrected chi connectivity index (χ4v) is 2.97. The molecule has 0 heterocycles. The molecular weight excluding hydrogens is 194 g/mol. The molecule has 0 saturated heterocycles. The Balaban J connectivity index is 1.89. The topological polar surface area (TPSA) is 26.0 Å². The van der Waals surface area contributed by atoms with Gasteiger partial charge in [-0.15, -0.1) is 0 Å². The van der Waals surface area contributed by atoms with E-state index in [1.54, 1.807) is 0 Å². The molecule has 1 nitrogen and oxygen atoms in total. The average Bonchev–Trinajstić information content (AvgIpc) is 2.30. The fourth-order valence-electron chi connectivity index (χ4n) is 2.97. The molecule has 1 aliphatic carbocycles. The zero-order valence-corrected chi connectivity index (χ0v) is 10.2. The van der Waals surface area contributed by atoms with Crippen LogP contribution in [0.25, 0.3) is 0 Å². The van der Waals surface area contributed by atoms with Crippen LogP contribution in [-0.4, -0.2) is 0 Å². The van der Waals surface area contributed by atoms with Crippen LogP contribution < -0.4 is 5.73 Å². The predicted octanol–water partition coefficient (Wildman–Crippen LogP) is 3.90. The molecule has 2 N–H and O–H groups in total. The lowest BCUT2D eigenvalue weighted by Crippen LogP contribution is -2.20. The Morgan fingerprint density at radius 2 is 2.00 bits per heavy atom. The Morgan fingerprint density at radius 1 is 1.25 bits per heavy atom. The molecule has 0 aliphatic heterocycles. The number of rotatable bonds is 3. The van der Waals surface area contributed by atoms with Gasteiger partial charge in [-0.05, 0) is 30.2 Å². The lowest BCUT2D eigenvalue weighted by molar-refractivity contribution is 0.257. The second kappa shape index (κ2) is 5.49. The van der Waals surface area contributed by atoms with E-state index < -0.39 is 0 Å². The summed E-state index contributed by atoms with van der Waals surface area (Å²) in [5, 5.41) is 0. The van der Waals surface area contributed by atoms with Crippen molar-refractivity contribution in [2.75, 3.05) is 0 Å². The van der Waals surface area contributed by atoms with E-state index in [-0.39, 0.29) is 6.04 Å². The number of hydrogen-bond acceptors (Lipinski definition) is 1. The maximum atomic E-state index is 6.27. The van der Waals surface area contributed by atoms with Crippen LogP contribution in [0.4, 0.5) is 0 Å². The molecule has 1 aromatic carbocycles. The highest BCUT2D eigenvalue weighted by Crippen LogP contribution is 2.33. The lowest BCUT2D eigenvalue weighted by Gasteiger charge is -2.28. The van der Waals surface area contributed by atoms with Crippen molar-refractivity contribution in [2.45, 2.75) is 45.1 Å². The van der Waals surface area contributed by atoms with E-state index in [1.807, 2.05) is 0 Å². The van der Waals surface area contributed by atoms with Gasteiger partial charge in [0.1, 0.15) is 0 Å². The van der Waals surface area contributed by atoms with Crippen molar-refractivity contribution in [3.63, 3.8) is 0 Å². The fraction of sp³-hybridized carbons (Fsp3) is 0.600. The van der Waals surface area contributed by atoms with Crippen molar-refractivity contribution in [1.82, 2.24) is 0 Å². The normalized spacial score (nSPS) is 27.6. The Labute approximate surface area is 99.0 Å².